The van der Waals surface area contributed by atoms with Crippen LogP contribution in [0, 0.1) is 24.2 Å². The third kappa shape index (κ3) is 6.82. The Morgan fingerprint density at radius 3 is 2.57 bits per heavy atom. The number of phenols is 1. The number of benzene rings is 1. The van der Waals surface area contributed by atoms with Gasteiger partial charge < -0.3 is 14.7 Å². The second-order valence-electron chi connectivity index (χ2n) is 9.93. The number of rotatable bonds is 11. The minimum atomic E-state index is -0.986. The molecule has 7 nitrogen and oxygen atoms in total. The maximum absolute atomic E-state index is 12.3. The first-order chi connectivity index (χ1) is 17.4. The van der Waals surface area contributed by atoms with E-state index < -0.39 is 12.1 Å². The quantitative estimate of drug-likeness (QED) is 0.114. The number of esters is 1. The first kappa shape index (κ1) is 30.6. The number of allylic oxidation sites excluding steroid dienone is 4. The summed E-state index contributed by atoms with van der Waals surface area (Å²) in [5.74, 6) is -0.236. The topological polar surface area (TPSA) is 99.1 Å². The highest BCUT2D eigenvalue weighted by Crippen LogP contribution is 2.45. The van der Waals surface area contributed by atoms with Gasteiger partial charge in [-0.25, -0.2) is 4.79 Å². The number of phenolic OH excluding ortho intramolecular Hbond substituents is 1. The second-order valence-corrected chi connectivity index (χ2v) is 10.3. The minimum Gasteiger partial charge on any atom is -0.507 e. The first-order valence-corrected chi connectivity index (χ1v) is 13.2. The molecule has 0 heterocycles. The Balaban J connectivity index is 2.38. The Labute approximate surface area is 224 Å². The van der Waals surface area contributed by atoms with Crippen LogP contribution in [0.1, 0.15) is 82.3 Å². The highest BCUT2D eigenvalue weighted by atomic mass is 35.5. The van der Waals surface area contributed by atoms with Gasteiger partial charge in [-0.1, -0.05) is 63.1 Å². The average molecular weight is 535 g/mol. The van der Waals surface area contributed by atoms with Gasteiger partial charge >= 0.3 is 5.97 Å². The molecule has 1 aromatic carbocycles. The van der Waals surface area contributed by atoms with Gasteiger partial charge in [-0.3, -0.25) is 9.59 Å². The minimum absolute atomic E-state index is 0.0325. The van der Waals surface area contributed by atoms with E-state index in [2.05, 4.69) is 19.9 Å². The number of carbonyl (C=O) groups excluding carboxylic acids is 3. The monoisotopic (exact) mass is 534 g/mol. The molecule has 0 aromatic heterocycles. The fourth-order valence-electron chi connectivity index (χ4n) is 4.52. The molecule has 4 unspecified atom stereocenters. The Morgan fingerprint density at radius 2 is 1.97 bits per heavy atom. The largest absolute Gasteiger partial charge is 0.507 e. The summed E-state index contributed by atoms with van der Waals surface area (Å²) in [5.41, 5.74) is 1.29. The molecule has 37 heavy (non-hydrogen) atoms. The molecule has 1 N–H and O–H groups in total. The van der Waals surface area contributed by atoms with Crippen molar-refractivity contribution in [2.45, 2.75) is 80.3 Å². The summed E-state index contributed by atoms with van der Waals surface area (Å²) in [6, 6.07) is 0. The van der Waals surface area contributed by atoms with E-state index in [0.29, 0.717) is 30.6 Å². The molecule has 204 valence electrons. The SMILES string of the molecule is CCOC(=O)C(CC)OOc1c(Cl)c(C)c(C=O)c(O)c1C/C=C(C)/C=C/C1(C)C(C)CCC(=O)C1C. The van der Waals surface area contributed by atoms with E-state index in [1.807, 2.05) is 26.0 Å². The van der Waals surface area contributed by atoms with Gasteiger partial charge in [0.15, 0.2) is 12.0 Å². The van der Waals surface area contributed by atoms with Crippen LogP contribution in [0.3, 0.4) is 0 Å². The van der Waals surface area contributed by atoms with E-state index in [1.54, 1.807) is 20.8 Å². The molecule has 0 saturated heterocycles. The van der Waals surface area contributed by atoms with Crippen molar-refractivity contribution in [1.82, 2.24) is 0 Å². The number of hydrogen-bond acceptors (Lipinski definition) is 7. The van der Waals surface area contributed by atoms with E-state index in [9.17, 15) is 19.5 Å². The molecule has 8 heteroatoms. The zero-order chi connectivity index (χ0) is 27.9. The van der Waals surface area contributed by atoms with Gasteiger partial charge in [0.1, 0.15) is 11.5 Å². The lowest BCUT2D eigenvalue weighted by atomic mass is 9.61. The van der Waals surface area contributed by atoms with Crippen molar-refractivity contribution in [3.8, 4) is 11.5 Å². The molecule has 0 radical (unpaired) electrons. The molecule has 0 spiro atoms. The summed E-state index contributed by atoms with van der Waals surface area (Å²) < 4.78 is 5.00. The number of aldehydes is 1. The fourth-order valence-corrected chi connectivity index (χ4v) is 4.76. The van der Waals surface area contributed by atoms with Gasteiger partial charge in [-0.05, 0) is 56.9 Å². The van der Waals surface area contributed by atoms with Crippen LogP contribution in [0.25, 0.3) is 0 Å². The van der Waals surface area contributed by atoms with E-state index in [0.717, 1.165) is 12.0 Å². The zero-order valence-corrected chi connectivity index (χ0v) is 23.6. The third-order valence-corrected chi connectivity index (χ3v) is 8.12. The Hall–Kier alpha value is -2.64. The van der Waals surface area contributed by atoms with E-state index in [4.69, 9.17) is 26.1 Å². The van der Waals surface area contributed by atoms with Crippen LogP contribution in [0.5, 0.6) is 11.5 Å². The summed E-state index contributed by atoms with van der Waals surface area (Å²) in [5, 5.41) is 11.0. The molecule has 2 rings (SSSR count). The van der Waals surface area contributed by atoms with Gasteiger partial charge in [0, 0.05) is 17.9 Å². The molecule has 0 bridgehead atoms. The predicted molar refractivity (Wildman–Crippen MR) is 143 cm³/mol. The first-order valence-electron chi connectivity index (χ1n) is 12.8. The zero-order valence-electron chi connectivity index (χ0n) is 22.9. The van der Waals surface area contributed by atoms with Crippen LogP contribution in [-0.4, -0.2) is 35.9 Å². The summed E-state index contributed by atoms with van der Waals surface area (Å²) in [4.78, 5) is 47.0. The standard InChI is InChI=1S/C29H39ClO7/c1-8-24(28(34)35-9-2)36-37-27-21(26(33)22(16-31)19(5)25(27)30)12-10-17(3)14-15-29(7)18(4)11-13-23(32)20(29)6/h10,14-16,18,20,24,33H,8-9,11-13H2,1-7H3/b15-14+,17-10+. The fraction of sp³-hybridized carbons (Fsp3) is 0.552. The van der Waals surface area contributed by atoms with E-state index in [-0.39, 0.29) is 57.8 Å². The van der Waals surface area contributed by atoms with Crippen molar-refractivity contribution in [3.63, 3.8) is 0 Å². The van der Waals surface area contributed by atoms with Crippen LogP contribution < -0.4 is 4.89 Å². The maximum atomic E-state index is 12.3. The van der Waals surface area contributed by atoms with Gasteiger partial charge in [-0.15, -0.1) is 0 Å². The lowest BCUT2D eigenvalue weighted by Gasteiger charge is -2.42. The number of aromatic hydroxyl groups is 1. The molecular weight excluding hydrogens is 496 g/mol. The van der Waals surface area contributed by atoms with E-state index in [1.165, 1.54) is 0 Å². The molecule has 1 aliphatic rings. The third-order valence-electron chi connectivity index (χ3n) is 7.67. The summed E-state index contributed by atoms with van der Waals surface area (Å²) in [6.45, 7) is 13.4. The molecule has 0 aliphatic heterocycles. The highest BCUT2D eigenvalue weighted by Gasteiger charge is 2.41. The molecular formula is C29H39ClO7. The van der Waals surface area contributed by atoms with Crippen molar-refractivity contribution in [3.05, 3.63) is 45.5 Å². The van der Waals surface area contributed by atoms with Crippen molar-refractivity contribution in [2.24, 2.45) is 17.3 Å². The lowest BCUT2D eigenvalue weighted by molar-refractivity contribution is -0.249. The van der Waals surface area contributed by atoms with Crippen LogP contribution in [0.2, 0.25) is 5.02 Å². The molecule has 1 aromatic rings. The van der Waals surface area contributed by atoms with Gasteiger partial charge in [0.25, 0.3) is 0 Å². The predicted octanol–water partition coefficient (Wildman–Crippen LogP) is 6.51. The molecule has 1 saturated carbocycles. The van der Waals surface area contributed by atoms with Crippen molar-refractivity contribution < 1.29 is 34.0 Å². The number of hydrogen-bond donors (Lipinski definition) is 1. The smallest absolute Gasteiger partial charge is 0.339 e. The van der Waals surface area contributed by atoms with Crippen molar-refractivity contribution >= 4 is 29.6 Å². The Bertz CT molecular complexity index is 1070. The van der Waals surface area contributed by atoms with Crippen molar-refractivity contribution in [2.75, 3.05) is 6.61 Å². The molecule has 4 atom stereocenters. The number of Topliss-reactive ketones (excluding diaryl/α,β-unsaturated/α-hetero) is 1. The average Bonchev–Trinajstić information content (AvgIpc) is 2.87. The normalized spacial score (nSPS) is 23.2. The molecule has 1 aliphatic carbocycles. The molecule has 0 amide bonds. The Morgan fingerprint density at radius 1 is 1.30 bits per heavy atom. The number of halogens is 1. The number of carbonyl (C=O) groups is 3. The van der Waals surface area contributed by atoms with Crippen LogP contribution in [-0.2, 0) is 25.6 Å². The molecule has 1 fully saturated rings. The van der Waals surface area contributed by atoms with Gasteiger partial charge in [-0.2, -0.15) is 4.89 Å². The number of ether oxygens (including phenoxy) is 1. The Kier molecular flexibility index (Phi) is 10.9. The van der Waals surface area contributed by atoms with Crippen LogP contribution in [0.15, 0.2) is 23.8 Å². The summed E-state index contributed by atoms with van der Waals surface area (Å²) >= 11 is 6.51. The second kappa shape index (κ2) is 13.2. The summed E-state index contributed by atoms with van der Waals surface area (Å²) in [6.07, 6.45) is 7.45. The van der Waals surface area contributed by atoms with Gasteiger partial charge in [0.2, 0.25) is 6.10 Å². The summed E-state index contributed by atoms with van der Waals surface area (Å²) in [7, 11) is 0. The maximum Gasteiger partial charge on any atom is 0.339 e. The van der Waals surface area contributed by atoms with Crippen molar-refractivity contribution in [1.29, 1.82) is 0 Å². The number of ketones is 1. The highest BCUT2D eigenvalue weighted by molar-refractivity contribution is 6.33. The lowest BCUT2D eigenvalue weighted by Crippen LogP contribution is -2.40. The van der Waals surface area contributed by atoms with Gasteiger partial charge in [0.05, 0.1) is 17.2 Å². The van der Waals surface area contributed by atoms with E-state index >= 15 is 0 Å². The van der Waals surface area contributed by atoms with Crippen LogP contribution in [0.4, 0.5) is 0 Å². The van der Waals surface area contributed by atoms with Crippen LogP contribution >= 0.6 is 11.6 Å².